The van der Waals surface area contributed by atoms with Crippen LogP contribution in [0.3, 0.4) is 0 Å². The van der Waals surface area contributed by atoms with E-state index in [0.29, 0.717) is 0 Å². The summed E-state index contributed by atoms with van der Waals surface area (Å²) in [7, 11) is 0. The zero-order chi connectivity index (χ0) is 19.3. The molecule has 0 unspecified atom stereocenters. The SMILES string of the molecule is CC(C)C(C)C(C)C.CC(C)CC(C)C.CC(C)[C](=[W])C(C)C. The Balaban J connectivity index is -0.000000262. The van der Waals surface area contributed by atoms with E-state index in [1.165, 1.54) is 6.42 Å². The maximum atomic E-state index is 2.31. The fourth-order valence-electron chi connectivity index (χ4n) is 2.38. The van der Waals surface area contributed by atoms with Gasteiger partial charge >= 0.3 is 62.8 Å². The van der Waals surface area contributed by atoms with Gasteiger partial charge in [-0.2, -0.15) is 0 Å². The normalized spacial score (nSPS) is 11.3. The Bertz CT molecular complexity index is 235. The van der Waals surface area contributed by atoms with Crippen molar-refractivity contribution in [1.29, 1.82) is 0 Å². The van der Waals surface area contributed by atoms with E-state index in [1.54, 1.807) is 23.3 Å². The first-order valence-corrected chi connectivity index (χ1v) is 11.2. The Morgan fingerprint density at radius 1 is 0.565 bits per heavy atom. The average Bonchev–Trinajstić information content (AvgIpc) is 2.36. The standard InChI is InChI=1S/C8H18.C7H16.C7H14.W/c1-6(2)8(5)7(3)4;2*1-6(2)5-7(3)4;/h6-8H,1-5H3;6-7H,5H2,1-4H3;6-7H,1-4H3;. The number of rotatable bonds is 6. The molecule has 0 nitrogen and oxygen atoms in total. The summed E-state index contributed by atoms with van der Waals surface area (Å²) in [6, 6.07) is 0. The molecule has 0 saturated carbocycles. The van der Waals surface area contributed by atoms with Gasteiger partial charge in [-0.05, 0) is 36.0 Å². The summed E-state index contributed by atoms with van der Waals surface area (Å²) < 4.78 is 1.69. The topological polar surface area (TPSA) is 0 Å². The molecule has 0 aromatic heterocycles. The molecule has 0 bridgehead atoms. The Kier molecular flexibility index (Phi) is 19.8. The van der Waals surface area contributed by atoms with Gasteiger partial charge in [0.05, 0.1) is 0 Å². The molecule has 0 aliphatic carbocycles. The molecule has 0 spiro atoms. The zero-order valence-corrected chi connectivity index (χ0v) is 21.6. The Morgan fingerprint density at radius 3 is 0.826 bits per heavy atom. The van der Waals surface area contributed by atoms with Crippen LogP contribution in [0.2, 0.25) is 0 Å². The van der Waals surface area contributed by atoms with E-state index < -0.39 is 0 Å². The van der Waals surface area contributed by atoms with Gasteiger partial charge in [-0.3, -0.25) is 0 Å². The molecular weight excluding hydrogens is 448 g/mol. The summed E-state index contributed by atoms with van der Waals surface area (Å²) in [4.78, 5) is 0. The van der Waals surface area contributed by atoms with Crippen LogP contribution in [0.4, 0.5) is 0 Å². The second kappa shape index (κ2) is 16.0. The third-order valence-corrected chi connectivity index (χ3v) is 7.57. The molecule has 0 atom stereocenters. The first-order valence-electron chi connectivity index (χ1n) is 9.77. The van der Waals surface area contributed by atoms with Crippen molar-refractivity contribution in [2.75, 3.05) is 0 Å². The van der Waals surface area contributed by atoms with Crippen molar-refractivity contribution in [1.82, 2.24) is 0 Å². The Hall–Kier alpha value is 0.558. The summed E-state index contributed by atoms with van der Waals surface area (Å²) in [5.74, 6) is 5.90. The molecule has 1 heteroatoms. The summed E-state index contributed by atoms with van der Waals surface area (Å²) >= 11 is 1.66. The van der Waals surface area contributed by atoms with Crippen molar-refractivity contribution in [3.8, 4) is 0 Å². The Morgan fingerprint density at radius 2 is 0.826 bits per heavy atom. The van der Waals surface area contributed by atoms with E-state index in [4.69, 9.17) is 0 Å². The molecule has 142 valence electrons. The molecular formula is C22H48W. The van der Waals surface area contributed by atoms with Crippen LogP contribution in [0, 0.1) is 41.4 Å². The third kappa shape index (κ3) is 22.6. The monoisotopic (exact) mass is 496 g/mol. The summed E-state index contributed by atoms with van der Waals surface area (Å²) in [5.41, 5.74) is 0. The third-order valence-electron chi connectivity index (χ3n) is 4.18. The average molecular weight is 496 g/mol. The van der Waals surface area contributed by atoms with Crippen molar-refractivity contribution in [3.05, 3.63) is 0 Å². The van der Waals surface area contributed by atoms with Crippen molar-refractivity contribution < 1.29 is 19.4 Å². The molecule has 0 rings (SSSR count). The van der Waals surface area contributed by atoms with E-state index in [9.17, 15) is 0 Å². The summed E-state index contributed by atoms with van der Waals surface area (Å²) in [6.07, 6.45) is 1.36. The fourth-order valence-corrected chi connectivity index (χ4v) is 2.38. The molecule has 0 N–H and O–H groups in total. The summed E-state index contributed by atoms with van der Waals surface area (Å²) in [6.45, 7) is 29.6. The molecule has 0 aromatic rings. The van der Waals surface area contributed by atoms with Crippen LogP contribution < -0.4 is 0 Å². The number of hydrogen-bond donors (Lipinski definition) is 0. The van der Waals surface area contributed by atoms with Crippen LogP contribution in [-0.2, 0) is 19.4 Å². The van der Waals surface area contributed by atoms with Gasteiger partial charge in [0.15, 0.2) is 0 Å². The summed E-state index contributed by atoms with van der Waals surface area (Å²) in [5, 5.41) is 0. The van der Waals surface area contributed by atoms with Gasteiger partial charge in [0, 0.05) is 0 Å². The molecule has 0 aliphatic rings. The molecule has 0 radical (unpaired) electrons. The van der Waals surface area contributed by atoms with Gasteiger partial charge in [-0.1, -0.05) is 62.3 Å². The van der Waals surface area contributed by atoms with Gasteiger partial charge in [0.25, 0.3) is 0 Å². The van der Waals surface area contributed by atoms with E-state index in [2.05, 4.69) is 90.0 Å². The molecule has 0 saturated heterocycles. The van der Waals surface area contributed by atoms with Crippen molar-refractivity contribution in [2.24, 2.45) is 41.4 Å². The first kappa shape index (κ1) is 28.4. The van der Waals surface area contributed by atoms with Crippen LogP contribution in [0.5, 0.6) is 0 Å². The molecule has 0 amide bonds. The van der Waals surface area contributed by atoms with Crippen molar-refractivity contribution >= 4 is 3.90 Å². The van der Waals surface area contributed by atoms with Gasteiger partial charge in [0.2, 0.25) is 0 Å². The molecule has 0 fully saturated rings. The predicted octanol–water partition coefficient (Wildman–Crippen LogP) is 7.64. The second-order valence-corrected chi connectivity index (χ2v) is 10.8. The van der Waals surface area contributed by atoms with Gasteiger partial charge in [-0.25, -0.2) is 0 Å². The van der Waals surface area contributed by atoms with Crippen LogP contribution in [0.25, 0.3) is 0 Å². The maximum absolute atomic E-state index is 2.31. The minimum atomic E-state index is 0.796. The first-order chi connectivity index (χ1) is 10.2. The van der Waals surface area contributed by atoms with E-state index >= 15 is 0 Å². The fraction of sp³-hybridized carbons (Fsp3) is 0.955. The van der Waals surface area contributed by atoms with E-state index in [1.807, 2.05) is 0 Å². The van der Waals surface area contributed by atoms with Crippen molar-refractivity contribution in [3.63, 3.8) is 0 Å². The van der Waals surface area contributed by atoms with E-state index in [0.717, 1.165) is 41.4 Å². The number of hydrogen-bond acceptors (Lipinski definition) is 0. The van der Waals surface area contributed by atoms with Crippen molar-refractivity contribution in [2.45, 2.75) is 96.4 Å². The second-order valence-electron chi connectivity index (χ2n) is 9.08. The quantitative estimate of drug-likeness (QED) is 0.355. The molecule has 0 aliphatic heterocycles. The Labute approximate surface area is 161 Å². The molecule has 0 aromatic carbocycles. The van der Waals surface area contributed by atoms with E-state index in [-0.39, 0.29) is 0 Å². The minimum absolute atomic E-state index is 0.796. The molecule has 0 heterocycles. The van der Waals surface area contributed by atoms with Crippen LogP contribution >= 0.6 is 0 Å². The van der Waals surface area contributed by atoms with Crippen LogP contribution in [0.1, 0.15) is 96.4 Å². The van der Waals surface area contributed by atoms with Crippen LogP contribution in [0.15, 0.2) is 0 Å². The van der Waals surface area contributed by atoms with Gasteiger partial charge < -0.3 is 0 Å². The van der Waals surface area contributed by atoms with Crippen LogP contribution in [-0.4, -0.2) is 3.90 Å². The van der Waals surface area contributed by atoms with Gasteiger partial charge in [0.1, 0.15) is 0 Å². The predicted molar refractivity (Wildman–Crippen MR) is 108 cm³/mol. The zero-order valence-electron chi connectivity index (χ0n) is 18.7. The molecule has 23 heavy (non-hydrogen) atoms. The van der Waals surface area contributed by atoms with Gasteiger partial charge in [-0.15, -0.1) is 0 Å².